The molecule has 2 aliphatic rings. The molecule has 3 heterocycles. The number of non-ortho nitro benzene ring substituents is 1. The Hall–Kier alpha value is -4.69. The van der Waals surface area contributed by atoms with E-state index in [9.17, 15) is 34.6 Å². The van der Waals surface area contributed by atoms with Gasteiger partial charge in [0.25, 0.3) is 11.4 Å². The van der Waals surface area contributed by atoms with E-state index in [4.69, 9.17) is 0 Å². The molecule has 15 nitrogen and oxygen atoms in total. The number of carbonyl (C=O) groups is 3. The van der Waals surface area contributed by atoms with Gasteiger partial charge in [0.15, 0.2) is 17.8 Å². The van der Waals surface area contributed by atoms with Crippen molar-refractivity contribution in [2.24, 2.45) is 5.92 Å². The normalized spacial score (nSPS) is 18.9. The molecule has 1 unspecified atom stereocenters. The molecule has 32 heavy (non-hydrogen) atoms. The third-order valence-corrected chi connectivity index (χ3v) is 5.16. The summed E-state index contributed by atoms with van der Waals surface area (Å²) in [6, 6.07) is 3.03. The maximum Gasteiger partial charge on any atom is 0.332 e. The number of nitro groups is 2. The number of fused-ring (bicyclic) bond motifs is 1. The highest BCUT2D eigenvalue weighted by atomic mass is 16.6. The second kappa shape index (κ2) is 7.22. The average molecular weight is 442 g/mol. The first-order chi connectivity index (χ1) is 15.1. The van der Waals surface area contributed by atoms with Gasteiger partial charge in [-0.15, -0.1) is 5.10 Å². The van der Waals surface area contributed by atoms with Gasteiger partial charge in [0.05, 0.1) is 16.0 Å². The van der Waals surface area contributed by atoms with Crippen LogP contribution in [0.4, 0.5) is 16.4 Å². The summed E-state index contributed by atoms with van der Waals surface area (Å²) in [5, 5.41) is 29.6. The van der Waals surface area contributed by atoms with Crippen LogP contribution in [0, 0.1) is 26.1 Å². The van der Waals surface area contributed by atoms with Gasteiger partial charge in [-0.25, -0.2) is 9.48 Å². The molecule has 4 amide bonds. The van der Waals surface area contributed by atoms with Gasteiger partial charge in [-0.3, -0.25) is 39.6 Å². The summed E-state index contributed by atoms with van der Waals surface area (Å²) in [5.41, 5.74) is -0.519. The second-order valence-corrected chi connectivity index (χ2v) is 6.98. The van der Waals surface area contributed by atoms with Crippen molar-refractivity contribution in [2.45, 2.75) is 6.04 Å². The summed E-state index contributed by atoms with van der Waals surface area (Å²) in [6.45, 7) is 0. The van der Waals surface area contributed by atoms with E-state index in [1.807, 2.05) is 0 Å². The van der Waals surface area contributed by atoms with E-state index in [1.165, 1.54) is 24.3 Å². The number of allylic oxidation sites excluding steroid dienone is 1. The minimum atomic E-state index is -1.65. The van der Waals surface area contributed by atoms with Crippen LogP contribution in [-0.2, 0) is 9.59 Å². The number of nitrogens with one attached hydrogen (secondary N) is 1. The lowest BCUT2D eigenvalue weighted by Crippen LogP contribution is -2.59. The summed E-state index contributed by atoms with van der Waals surface area (Å²) in [7, 11) is 2.32. The van der Waals surface area contributed by atoms with Crippen LogP contribution < -0.4 is 5.32 Å². The number of anilines is 1. The second-order valence-electron chi connectivity index (χ2n) is 6.98. The number of barbiturate groups is 1. The van der Waals surface area contributed by atoms with Crippen LogP contribution in [0.3, 0.4) is 0 Å². The Labute approximate surface area is 178 Å². The van der Waals surface area contributed by atoms with Crippen molar-refractivity contribution in [1.82, 2.24) is 24.6 Å². The molecule has 1 saturated heterocycles. The van der Waals surface area contributed by atoms with E-state index in [0.29, 0.717) is 9.80 Å². The highest BCUT2D eigenvalue weighted by molar-refractivity contribution is 6.16. The number of amides is 4. The van der Waals surface area contributed by atoms with Gasteiger partial charge in [-0.2, -0.15) is 4.98 Å². The number of nitro benzene ring substituents is 1. The van der Waals surface area contributed by atoms with Gasteiger partial charge < -0.3 is 5.32 Å². The maximum atomic E-state index is 12.8. The number of nitrogens with zero attached hydrogens (tertiary/aromatic N) is 7. The van der Waals surface area contributed by atoms with Crippen LogP contribution in [0.5, 0.6) is 0 Å². The summed E-state index contributed by atoms with van der Waals surface area (Å²) in [4.78, 5) is 64.7. The predicted molar refractivity (Wildman–Crippen MR) is 104 cm³/mol. The van der Waals surface area contributed by atoms with Gasteiger partial charge in [-0.05, 0) is 0 Å². The summed E-state index contributed by atoms with van der Waals surface area (Å²) in [6.07, 6.45) is 0.989. The topological polar surface area (TPSA) is 187 Å². The summed E-state index contributed by atoms with van der Waals surface area (Å²) in [5.74, 6) is -3.57. The molecule has 0 bridgehead atoms. The van der Waals surface area contributed by atoms with Crippen molar-refractivity contribution in [3.8, 4) is 11.4 Å². The number of imide groups is 2. The van der Waals surface area contributed by atoms with Crippen LogP contribution in [0.25, 0.3) is 11.4 Å². The molecular weight excluding hydrogens is 428 g/mol. The van der Waals surface area contributed by atoms with E-state index >= 15 is 0 Å². The lowest BCUT2D eigenvalue weighted by molar-refractivity contribution is -0.434. The van der Waals surface area contributed by atoms with Crippen LogP contribution in [0.15, 0.2) is 36.2 Å². The van der Waals surface area contributed by atoms with Crippen LogP contribution in [0.2, 0.25) is 0 Å². The summed E-state index contributed by atoms with van der Waals surface area (Å²) >= 11 is 0. The first-order valence-electron chi connectivity index (χ1n) is 9.03. The molecule has 164 valence electrons. The van der Waals surface area contributed by atoms with Crippen molar-refractivity contribution >= 4 is 29.5 Å². The van der Waals surface area contributed by atoms with Gasteiger partial charge in [-0.1, -0.05) is 12.1 Å². The van der Waals surface area contributed by atoms with Gasteiger partial charge in [0, 0.05) is 31.8 Å². The molecule has 4 rings (SSSR count). The van der Waals surface area contributed by atoms with E-state index in [2.05, 4.69) is 15.4 Å². The molecule has 2 aliphatic heterocycles. The molecule has 2 aromatic rings. The van der Waals surface area contributed by atoms with Gasteiger partial charge in [0.2, 0.25) is 17.8 Å². The SMILES string of the molecule is CN1C(=O)C(C2C([N+](=O)[O-])=CNc3nc(-c4cccc([N+](=O)[O-])c4)nn32)C(=O)N(C)C1=O. The van der Waals surface area contributed by atoms with Gasteiger partial charge in [0.1, 0.15) is 0 Å². The molecule has 1 N–H and O–H groups in total. The third-order valence-electron chi connectivity index (χ3n) is 5.16. The Bertz CT molecular complexity index is 1210. The minimum Gasteiger partial charge on any atom is -0.325 e. The largest absolute Gasteiger partial charge is 0.332 e. The quantitative estimate of drug-likeness (QED) is 0.399. The Morgan fingerprint density at radius 2 is 1.69 bits per heavy atom. The number of hydrogen-bond acceptors (Lipinski definition) is 10. The van der Waals surface area contributed by atoms with Crippen molar-refractivity contribution in [3.05, 3.63) is 56.4 Å². The smallest absolute Gasteiger partial charge is 0.325 e. The number of urea groups is 1. The fourth-order valence-corrected chi connectivity index (χ4v) is 3.52. The van der Waals surface area contributed by atoms with E-state index < -0.39 is 45.3 Å². The number of carbonyl (C=O) groups excluding carboxylic acids is 3. The van der Waals surface area contributed by atoms with Gasteiger partial charge >= 0.3 is 6.03 Å². The molecular formula is C17H14N8O7. The van der Waals surface area contributed by atoms with Crippen molar-refractivity contribution in [3.63, 3.8) is 0 Å². The average Bonchev–Trinajstić information content (AvgIpc) is 3.21. The Balaban J connectivity index is 1.84. The Morgan fingerprint density at radius 3 is 2.28 bits per heavy atom. The van der Waals surface area contributed by atoms with Crippen LogP contribution in [0.1, 0.15) is 6.04 Å². The van der Waals surface area contributed by atoms with E-state index in [-0.39, 0.29) is 23.0 Å². The fraction of sp³-hybridized carbons (Fsp3) is 0.235. The van der Waals surface area contributed by atoms with Crippen molar-refractivity contribution < 1.29 is 24.2 Å². The molecule has 1 aromatic heterocycles. The lowest BCUT2D eigenvalue weighted by Gasteiger charge is -2.36. The Morgan fingerprint density at radius 1 is 1.03 bits per heavy atom. The standard InChI is InChI=1S/C17H14N8O7/c1-21-14(26)11(15(27)22(2)17(21)28)12-10(25(31)32)7-18-16-19-13(20-23(12)16)8-4-3-5-9(6-8)24(29)30/h3-7,11-12H,1-2H3,(H,18,19,20). The maximum absolute atomic E-state index is 12.8. The lowest BCUT2D eigenvalue weighted by atomic mass is 9.92. The zero-order chi connectivity index (χ0) is 23.3. The molecule has 0 saturated carbocycles. The molecule has 15 heteroatoms. The highest BCUT2D eigenvalue weighted by Gasteiger charge is 2.53. The molecule has 0 radical (unpaired) electrons. The molecule has 0 spiro atoms. The molecule has 1 aromatic carbocycles. The monoisotopic (exact) mass is 442 g/mol. The van der Waals surface area contributed by atoms with Crippen molar-refractivity contribution in [1.29, 1.82) is 0 Å². The first kappa shape index (κ1) is 20.6. The predicted octanol–water partition coefficient (Wildman–Crippen LogP) is 0.605. The number of rotatable bonds is 4. The summed E-state index contributed by atoms with van der Waals surface area (Å²) < 4.78 is 1.00. The van der Waals surface area contributed by atoms with E-state index in [1.54, 1.807) is 0 Å². The van der Waals surface area contributed by atoms with Crippen LogP contribution >= 0.6 is 0 Å². The minimum absolute atomic E-state index is 0.0207. The zero-order valence-electron chi connectivity index (χ0n) is 16.5. The zero-order valence-corrected chi connectivity index (χ0v) is 16.5. The number of benzene rings is 1. The highest BCUT2D eigenvalue weighted by Crippen LogP contribution is 2.37. The molecule has 1 fully saturated rings. The number of aromatic nitrogens is 3. The third kappa shape index (κ3) is 3.03. The van der Waals surface area contributed by atoms with Crippen LogP contribution in [-0.4, -0.2) is 66.4 Å². The van der Waals surface area contributed by atoms with E-state index in [0.717, 1.165) is 25.0 Å². The number of hydrogen-bond donors (Lipinski definition) is 1. The molecule has 0 aliphatic carbocycles. The Kier molecular flexibility index (Phi) is 4.64. The first-order valence-corrected chi connectivity index (χ1v) is 9.03. The van der Waals surface area contributed by atoms with Crippen molar-refractivity contribution in [2.75, 3.05) is 19.4 Å². The fourth-order valence-electron chi connectivity index (χ4n) is 3.52. The molecule has 1 atom stereocenters.